The van der Waals surface area contributed by atoms with E-state index < -0.39 is 12.0 Å². The minimum absolute atomic E-state index is 0.0112. The van der Waals surface area contributed by atoms with Crippen molar-refractivity contribution in [1.82, 2.24) is 4.98 Å². The van der Waals surface area contributed by atoms with E-state index in [0.717, 1.165) is 35.4 Å². The van der Waals surface area contributed by atoms with Crippen molar-refractivity contribution in [3.05, 3.63) is 120 Å². The number of oxazole rings is 1. The summed E-state index contributed by atoms with van der Waals surface area (Å²) < 4.78 is 12.1. The lowest BCUT2D eigenvalue weighted by Crippen LogP contribution is -2.32. The zero-order chi connectivity index (χ0) is 28.2. The molecule has 1 aliphatic heterocycles. The van der Waals surface area contributed by atoms with Gasteiger partial charge in [0, 0.05) is 36.2 Å². The first-order valence-corrected chi connectivity index (χ1v) is 13.6. The predicted molar refractivity (Wildman–Crippen MR) is 157 cm³/mol. The summed E-state index contributed by atoms with van der Waals surface area (Å²) in [4.78, 5) is 31.9. The van der Waals surface area contributed by atoms with Gasteiger partial charge in [0.15, 0.2) is 11.4 Å². The number of aromatic nitrogens is 1. The fourth-order valence-corrected chi connectivity index (χ4v) is 5.07. The van der Waals surface area contributed by atoms with Gasteiger partial charge in [0.05, 0.1) is 6.54 Å². The first-order valence-electron chi connectivity index (χ1n) is 13.6. The molecule has 0 spiro atoms. The molecule has 8 nitrogen and oxygen atoms in total. The van der Waals surface area contributed by atoms with Crippen LogP contribution in [-0.2, 0) is 11.2 Å². The number of nitrogens with zero attached hydrogens (tertiary/aromatic N) is 2. The Bertz CT molecular complexity index is 1630. The van der Waals surface area contributed by atoms with Crippen molar-refractivity contribution in [3.63, 3.8) is 0 Å². The number of carboxylic acid groups (broad SMARTS) is 1. The number of para-hydroxylation sites is 3. The van der Waals surface area contributed by atoms with Crippen LogP contribution in [0, 0.1) is 0 Å². The maximum Gasteiger partial charge on any atom is 0.326 e. The number of fused-ring (bicyclic) bond motifs is 1. The molecule has 0 radical (unpaired) electrons. The van der Waals surface area contributed by atoms with Crippen LogP contribution in [-0.4, -0.2) is 47.1 Å². The van der Waals surface area contributed by atoms with Gasteiger partial charge in [0.1, 0.15) is 23.4 Å². The van der Waals surface area contributed by atoms with Gasteiger partial charge in [0.2, 0.25) is 0 Å². The summed E-state index contributed by atoms with van der Waals surface area (Å²) in [5.41, 5.74) is 3.90. The van der Waals surface area contributed by atoms with Crippen molar-refractivity contribution in [3.8, 4) is 5.75 Å². The summed E-state index contributed by atoms with van der Waals surface area (Å²) in [5, 5.41) is 13.0. The van der Waals surface area contributed by atoms with Crippen LogP contribution in [0.4, 0.5) is 11.7 Å². The van der Waals surface area contributed by atoms with E-state index in [-0.39, 0.29) is 18.3 Å². The SMILES string of the molecule is O=C(c1ccccc1)c1ccccc1NC(Cc1ccc(OC2CCN(c3nc4ccccc4o3)C2)cc1)C(=O)O. The molecular weight excluding hydrogens is 518 g/mol. The van der Waals surface area contributed by atoms with Crippen molar-refractivity contribution in [2.24, 2.45) is 0 Å². The fourth-order valence-electron chi connectivity index (χ4n) is 5.07. The number of ketones is 1. The summed E-state index contributed by atoms with van der Waals surface area (Å²) >= 11 is 0. The summed E-state index contributed by atoms with van der Waals surface area (Å²) in [7, 11) is 0. The molecule has 1 aliphatic rings. The van der Waals surface area contributed by atoms with Gasteiger partial charge in [-0.1, -0.05) is 66.7 Å². The van der Waals surface area contributed by atoms with Gasteiger partial charge in [-0.05, 0) is 42.0 Å². The molecular formula is C33H29N3O5. The highest BCUT2D eigenvalue weighted by atomic mass is 16.5. The Morgan fingerprint density at radius 2 is 1.68 bits per heavy atom. The van der Waals surface area contributed by atoms with Gasteiger partial charge in [-0.25, -0.2) is 4.79 Å². The van der Waals surface area contributed by atoms with Crippen LogP contribution in [0.3, 0.4) is 0 Å². The Morgan fingerprint density at radius 3 is 2.46 bits per heavy atom. The topological polar surface area (TPSA) is 105 Å². The minimum atomic E-state index is -1.00. The smallest absolute Gasteiger partial charge is 0.326 e. The molecule has 5 aromatic rings. The van der Waals surface area contributed by atoms with E-state index in [1.165, 1.54) is 0 Å². The quantitative estimate of drug-likeness (QED) is 0.211. The fraction of sp³-hybridized carbons (Fsp3) is 0.182. The summed E-state index contributed by atoms with van der Waals surface area (Å²) in [6.07, 6.45) is 1.06. The number of hydrogen-bond acceptors (Lipinski definition) is 7. The molecule has 0 bridgehead atoms. The van der Waals surface area contributed by atoms with Gasteiger partial charge in [-0.15, -0.1) is 0 Å². The Labute approximate surface area is 237 Å². The Morgan fingerprint density at radius 1 is 0.951 bits per heavy atom. The molecule has 6 rings (SSSR count). The van der Waals surface area contributed by atoms with E-state index in [2.05, 4.69) is 15.2 Å². The molecule has 0 amide bonds. The molecule has 0 saturated carbocycles. The van der Waals surface area contributed by atoms with Crippen LogP contribution in [0.5, 0.6) is 5.75 Å². The Hall–Kier alpha value is -5.11. The second kappa shape index (κ2) is 11.6. The highest BCUT2D eigenvalue weighted by Crippen LogP contribution is 2.27. The maximum absolute atomic E-state index is 13.1. The van der Waals surface area contributed by atoms with Gasteiger partial charge in [0.25, 0.3) is 6.01 Å². The normalized spacial score (nSPS) is 15.5. The third kappa shape index (κ3) is 5.91. The number of carbonyl (C=O) groups is 2. The third-order valence-corrected chi connectivity index (χ3v) is 7.20. The summed E-state index contributed by atoms with van der Waals surface area (Å²) in [6, 6.07) is 30.8. The Balaban J connectivity index is 1.09. The lowest BCUT2D eigenvalue weighted by atomic mass is 10.00. The van der Waals surface area contributed by atoms with Crippen molar-refractivity contribution >= 4 is 34.6 Å². The molecule has 2 N–H and O–H groups in total. The molecule has 2 heterocycles. The second-order valence-corrected chi connectivity index (χ2v) is 10.1. The van der Waals surface area contributed by atoms with Crippen LogP contribution in [0.2, 0.25) is 0 Å². The highest BCUT2D eigenvalue weighted by Gasteiger charge is 2.27. The van der Waals surface area contributed by atoms with E-state index in [9.17, 15) is 14.7 Å². The molecule has 41 heavy (non-hydrogen) atoms. The molecule has 8 heteroatoms. The molecule has 1 saturated heterocycles. The number of carboxylic acids is 1. The third-order valence-electron chi connectivity index (χ3n) is 7.20. The number of nitrogens with one attached hydrogen (secondary N) is 1. The van der Waals surface area contributed by atoms with Crippen LogP contribution < -0.4 is 15.0 Å². The van der Waals surface area contributed by atoms with E-state index in [1.54, 1.807) is 48.5 Å². The van der Waals surface area contributed by atoms with Crippen LogP contribution >= 0.6 is 0 Å². The van der Waals surface area contributed by atoms with Crippen molar-refractivity contribution in [2.75, 3.05) is 23.3 Å². The van der Waals surface area contributed by atoms with E-state index >= 15 is 0 Å². The number of ether oxygens (including phenoxy) is 1. The number of hydrogen-bond donors (Lipinski definition) is 2. The van der Waals surface area contributed by atoms with E-state index in [1.807, 2.05) is 54.6 Å². The van der Waals surface area contributed by atoms with Gasteiger partial charge >= 0.3 is 5.97 Å². The molecule has 4 aromatic carbocycles. The first kappa shape index (κ1) is 26.1. The van der Waals surface area contributed by atoms with Crippen molar-refractivity contribution in [1.29, 1.82) is 0 Å². The van der Waals surface area contributed by atoms with E-state index in [4.69, 9.17) is 9.15 Å². The monoisotopic (exact) mass is 547 g/mol. The lowest BCUT2D eigenvalue weighted by Gasteiger charge is -2.19. The number of rotatable bonds is 10. The summed E-state index contributed by atoms with van der Waals surface area (Å²) in [5.74, 6) is -0.449. The largest absolute Gasteiger partial charge is 0.489 e. The Kier molecular flexibility index (Phi) is 7.36. The second-order valence-electron chi connectivity index (χ2n) is 10.1. The average Bonchev–Trinajstić information content (AvgIpc) is 3.65. The molecule has 206 valence electrons. The molecule has 0 aliphatic carbocycles. The number of anilines is 2. The predicted octanol–water partition coefficient (Wildman–Crippen LogP) is 5.82. The standard InChI is InChI=1S/C33H29N3O5/c37-31(23-8-2-1-3-9-23)26-10-4-5-11-27(26)34-29(32(38)39)20-22-14-16-24(17-15-22)40-25-18-19-36(21-25)33-35-28-12-6-7-13-30(28)41-33/h1-17,25,29,34H,18-21H2,(H,38,39). The summed E-state index contributed by atoms with van der Waals surface area (Å²) in [6.45, 7) is 1.45. The lowest BCUT2D eigenvalue weighted by molar-refractivity contribution is -0.137. The average molecular weight is 548 g/mol. The van der Waals surface area contributed by atoms with E-state index in [0.29, 0.717) is 29.4 Å². The van der Waals surface area contributed by atoms with Gasteiger partial charge in [-0.2, -0.15) is 4.98 Å². The van der Waals surface area contributed by atoms with Gasteiger partial charge in [-0.3, -0.25) is 4.79 Å². The van der Waals surface area contributed by atoms with Crippen LogP contribution in [0.1, 0.15) is 27.9 Å². The number of aliphatic carboxylic acids is 1. The highest BCUT2D eigenvalue weighted by molar-refractivity contribution is 6.12. The first-order chi connectivity index (χ1) is 20.0. The minimum Gasteiger partial charge on any atom is -0.489 e. The van der Waals surface area contributed by atoms with Gasteiger partial charge < -0.3 is 24.5 Å². The van der Waals surface area contributed by atoms with Crippen LogP contribution in [0.25, 0.3) is 11.1 Å². The van der Waals surface area contributed by atoms with Crippen molar-refractivity contribution in [2.45, 2.75) is 25.0 Å². The zero-order valence-electron chi connectivity index (χ0n) is 22.3. The van der Waals surface area contributed by atoms with Crippen LogP contribution in [0.15, 0.2) is 108 Å². The molecule has 1 aromatic heterocycles. The zero-order valence-corrected chi connectivity index (χ0v) is 22.3. The molecule has 2 atom stereocenters. The maximum atomic E-state index is 13.1. The number of carbonyl (C=O) groups excluding carboxylic acids is 1. The molecule has 2 unspecified atom stereocenters. The number of benzene rings is 4. The molecule has 1 fully saturated rings. The van der Waals surface area contributed by atoms with Crippen molar-refractivity contribution < 1.29 is 23.8 Å².